The summed E-state index contributed by atoms with van der Waals surface area (Å²) in [5, 5.41) is 11.0. The van der Waals surface area contributed by atoms with Gasteiger partial charge in [-0.25, -0.2) is 0 Å². The third-order valence-electron chi connectivity index (χ3n) is 2.57. The lowest BCUT2D eigenvalue weighted by Gasteiger charge is -2.29. The Morgan fingerprint density at radius 1 is 1.28 bits per heavy atom. The van der Waals surface area contributed by atoms with E-state index in [0.29, 0.717) is 12.1 Å². The maximum absolute atomic E-state index is 13.2. The molecule has 1 unspecified atom stereocenters. The molecule has 1 aromatic rings. The Hall–Kier alpha value is -1.70. The molecule has 0 aromatic heterocycles. The summed E-state index contributed by atoms with van der Waals surface area (Å²) < 4.78 is 63.5. The number of amides is 1. The van der Waals surface area contributed by atoms with E-state index in [1.165, 1.54) is 0 Å². The fourth-order valence-corrected chi connectivity index (χ4v) is 1.60. The molecule has 1 heterocycles. The molecule has 1 aromatic carbocycles. The lowest BCUT2D eigenvalue weighted by molar-refractivity contribution is -0.160. The normalized spacial score (nSPS) is 22.3. The Kier molecular flexibility index (Phi) is 2.58. The van der Waals surface area contributed by atoms with Crippen molar-refractivity contribution in [2.24, 2.45) is 0 Å². The predicted octanol–water partition coefficient (Wildman–Crippen LogP) is 2.33. The van der Waals surface area contributed by atoms with E-state index in [9.17, 15) is 31.9 Å². The van der Waals surface area contributed by atoms with E-state index in [4.69, 9.17) is 0 Å². The molecule has 8 heteroatoms. The highest BCUT2D eigenvalue weighted by Gasteiger charge is 2.51. The maximum atomic E-state index is 13.2. The number of hydrogen-bond donors (Lipinski definition) is 2. The molecule has 1 aliphatic heterocycles. The first kappa shape index (κ1) is 12.7. The lowest BCUT2D eigenvalue weighted by Crippen LogP contribution is -2.44. The number of aliphatic hydroxyl groups excluding tert-OH is 1. The zero-order chi connectivity index (χ0) is 13.7. The second-order valence-electron chi connectivity index (χ2n) is 3.78. The van der Waals surface area contributed by atoms with Crippen LogP contribution in [-0.2, 0) is 11.0 Å². The monoisotopic (exact) mass is 267 g/mol. The fraction of sp³-hybridized carbons (Fsp3) is 0.300. The van der Waals surface area contributed by atoms with Crippen LogP contribution in [0.5, 0.6) is 0 Å². The van der Waals surface area contributed by atoms with Crippen molar-refractivity contribution in [3.63, 3.8) is 0 Å². The third-order valence-corrected chi connectivity index (χ3v) is 2.57. The van der Waals surface area contributed by atoms with Crippen LogP contribution in [-0.4, -0.2) is 16.9 Å². The Balaban J connectivity index is 2.54. The highest BCUT2D eigenvalue weighted by Crippen LogP contribution is 2.42. The van der Waals surface area contributed by atoms with E-state index in [1.54, 1.807) is 5.32 Å². The van der Waals surface area contributed by atoms with Gasteiger partial charge in [-0.3, -0.25) is 4.79 Å². The van der Waals surface area contributed by atoms with E-state index in [1.807, 2.05) is 0 Å². The molecule has 2 N–H and O–H groups in total. The number of benzene rings is 1. The summed E-state index contributed by atoms with van der Waals surface area (Å²) in [7, 11) is 0. The molecule has 3 nitrogen and oxygen atoms in total. The van der Waals surface area contributed by atoms with Gasteiger partial charge in [0.15, 0.2) is 6.10 Å². The van der Waals surface area contributed by atoms with Crippen molar-refractivity contribution in [3.8, 4) is 0 Å². The minimum Gasteiger partial charge on any atom is -0.381 e. The second-order valence-corrected chi connectivity index (χ2v) is 3.78. The zero-order valence-corrected chi connectivity index (χ0v) is 8.55. The molecule has 98 valence electrons. The summed E-state index contributed by atoms with van der Waals surface area (Å²) in [6.07, 6.45) is -7.31. The van der Waals surface area contributed by atoms with Crippen molar-refractivity contribution >= 4 is 11.6 Å². The van der Waals surface area contributed by atoms with E-state index < -0.39 is 35.2 Å². The quantitative estimate of drug-likeness (QED) is 0.709. The number of rotatable bonds is 0. The highest BCUT2D eigenvalue weighted by molar-refractivity contribution is 5.99. The smallest absolute Gasteiger partial charge is 0.381 e. The zero-order valence-electron chi connectivity index (χ0n) is 8.55. The molecular formula is C10H6F5NO2. The first-order valence-corrected chi connectivity index (χ1v) is 4.72. The molecule has 2 rings (SSSR count). The molecule has 1 aliphatic rings. The van der Waals surface area contributed by atoms with Gasteiger partial charge in [0.2, 0.25) is 0 Å². The number of anilines is 1. The molecule has 0 aliphatic carbocycles. The number of carbonyl (C=O) groups is 1. The maximum Gasteiger partial charge on any atom is 0.416 e. The van der Waals surface area contributed by atoms with E-state index in [2.05, 4.69) is 0 Å². The topological polar surface area (TPSA) is 49.3 Å². The molecule has 0 spiro atoms. The Morgan fingerprint density at radius 3 is 2.44 bits per heavy atom. The van der Waals surface area contributed by atoms with Crippen molar-refractivity contribution in [1.29, 1.82) is 0 Å². The summed E-state index contributed by atoms with van der Waals surface area (Å²) in [6, 6.07) is 1.86. The Labute approximate surface area is 97.2 Å². The predicted molar refractivity (Wildman–Crippen MR) is 50.0 cm³/mol. The summed E-state index contributed by atoms with van der Waals surface area (Å²) in [5.74, 6) is -5.90. The van der Waals surface area contributed by atoms with Crippen molar-refractivity contribution in [3.05, 3.63) is 29.3 Å². The van der Waals surface area contributed by atoms with Gasteiger partial charge in [-0.2, -0.15) is 22.0 Å². The highest BCUT2D eigenvalue weighted by atomic mass is 19.4. The van der Waals surface area contributed by atoms with Gasteiger partial charge in [0.05, 0.1) is 5.56 Å². The van der Waals surface area contributed by atoms with Gasteiger partial charge in [-0.05, 0) is 18.2 Å². The number of nitrogens with one attached hydrogen (secondary N) is 1. The minimum absolute atomic E-state index is 0.258. The summed E-state index contributed by atoms with van der Waals surface area (Å²) in [4.78, 5) is 10.9. The molecule has 0 radical (unpaired) electrons. The number of hydrogen-bond acceptors (Lipinski definition) is 2. The van der Waals surface area contributed by atoms with Gasteiger partial charge < -0.3 is 10.4 Å². The second kappa shape index (κ2) is 3.64. The number of fused-ring (bicyclic) bond motifs is 1. The van der Waals surface area contributed by atoms with Crippen LogP contribution < -0.4 is 5.32 Å². The Bertz CT molecular complexity index is 511. The van der Waals surface area contributed by atoms with Crippen molar-refractivity contribution in [1.82, 2.24) is 0 Å². The third kappa shape index (κ3) is 1.82. The first-order chi connectivity index (χ1) is 8.14. The molecular weight excluding hydrogens is 261 g/mol. The first-order valence-electron chi connectivity index (χ1n) is 4.72. The van der Waals surface area contributed by atoms with Crippen LogP contribution in [0.1, 0.15) is 17.2 Å². The molecule has 0 bridgehead atoms. The average Bonchev–Trinajstić information content (AvgIpc) is 2.25. The van der Waals surface area contributed by atoms with Gasteiger partial charge in [0, 0.05) is 11.3 Å². The Morgan fingerprint density at radius 2 is 1.89 bits per heavy atom. The number of halogens is 5. The summed E-state index contributed by atoms with van der Waals surface area (Å²) >= 11 is 0. The molecule has 1 amide bonds. The van der Waals surface area contributed by atoms with E-state index in [-0.39, 0.29) is 5.69 Å². The van der Waals surface area contributed by atoms with Crippen LogP contribution in [0.4, 0.5) is 27.6 Å². The van der Waals surface area contributed by atoms with Gasteiger partial charge in [-0.15, -0.1) is 0 Å². The largest absolute Gasteiger partial charge is 0.416 e. The summed E-state index contributed by atoms with van der Waals surface area (Å²) in [5.41, 5.74) is -2.09. The molecule has 0 saturated carbocycles. The number of aliphatic hydroxyl groups is 1. The van der Waals surface area contributed by atoms with Gasteiger partial charge in [0.1, 0.15) is 0 Å². The minimum atomic E-state index is -4.72. The lowest BCUT2D eigenvalue weighted by atomic mass is 9.95. The van der Waals surface area contributed by atoms with Crippen LogP contribution in [0.25, 0.3) is 0 Å². The van der Waals surface area contributed by atoms with Crippen LogP contribution in [0.15, 0.2) is 18.2 Å². The van der Waals surface area contributed by atoms with Crippen molar-refractivity contribution in [2.75, 3.05) is 5.32 Å². The SMILES string of the molecule is O=C1Nc2ccc(C(F)(F)F)cc2C(O)C1(F)F. The standard InChI is InChI=1S/C10H6F5NO2/c11-9(12)7(17)5-3-4(10(13,14)15)1-2-6(5)16-8(9)18/h1-3,7,17H,(H,16,18). The van der Waals surface area contributed by atoms with Crippen LogP contribution in [0, 0.1) is 0 Å². The molecule has 1 atom stereocenters. The number of carbonyl (C=O) groups excluding carboxylic acids is 1. The van der Waals surface area contributed by atoms with Crippen LogP contribution in [0.2, 0.25) is 0 Å². The van der Waals surface area contributed by atoms with Crippen LogP contribution >= 0.6 is 0 Å². The van der Waals surface area contributed by atoms with Crippen molar-refractivity contribution in [2.45, 2.75) is 18.2 Å². The van der Waals surface area contributed by atoms with Crippen molar-refractivity contribution < 1.29 is 31.9 Å². The molecule has 0 saturated heterocycles. The van der Waals surface area contributed by atoms with E-state index in [0.717, 1.165) is 6.07 Å². The number of alkyl halides is 5. The van der Waals surface area contributed by atoms with E-state index >= 15 is 0 Å². The molecule has 18 heavy (non-hydrogen) atoms. The van der Waals surface area contributed by atoms with Crippen LogP contribution in [0.3, 0.4) is 0 Å². The average molecular weight is 267 g/mol. The van der Waals surface area contributed by atoms with Gasteiger partial charge in [-0.1, -0.05) is 0 Å². The summed E-state index contributed by atoms with van der Waals surface area (Å²) in [6.45, 7) is 0. The van der Waals surface area contributed by atoms with Gasteiger partial charge in [0.25, 0.3) is 5.91 Å². The molecule has 0 fully saturated rings. The van der Waals surface area contributed by atoms with Gasteiger partial charge >= 0.3 is 12.1 Å². The fourth-order valence-electron chi connectivity index (χ4n) is 1.60.